The maximum Gasteiger partial charge on any atom is 0.248 e. The topological polar surface area (TPSA) is 49.9 Å². The van der Waals surface area contributed by atoms with Crippen molar-refractivity contribution in [1.82, 2.24) is 9.80 Å². The van der Waals surface area contributed by atoms with Crippen molar-refractivity contribution >= 4 is 23.6 Å². The summed E-state index contributed by atoms with van der Waals surface area (Å²) < 4.78 is 5.91. The molecule has 0 radical (unpaired) electrons. The molecule has 118 valence electrons. The van der Waals surface area contributed by atoms with Crippen LogP contribution in [-0.4, -0.2) is 72.0 Å². The van der Waals surface area contributed by atoms with Crippen LogP contribution in [-0.2, 0) is 14.3 Å². The number of likely N-dealkylation sites (tertiary alicyclic amines) is 1. The van der Waals surface area contributed by atoms with Crippen molar-refractivity contribution in [2.24, 2.45) is 11.8 Å². The van der Waals surface area contributed by atoms with E-state index in [4.69, 9.17) is 4.74 Å². The molecule has 0 aromatic rings. The number of hydrogen-bond acceptors (Lipinski definition) is 4. The molecule has 3 fully saturated rings. The molecule has 3 aliphatic rings. The van der Waals surface area contributed by atoms with E-state index in [1.54, 1.807) is 19.0 Å². The van der Waals surface area contributed by atoms with E-state index in [1.165, 1.54) is 0 Å². The van der Waals surface area contributed by atoms with Gasteiger partial charge in [-0.15, -0.1) is 11.8 Å². The second-order valence-corrected chi connectivity index (χ2v) is 8.42. The number of ether oxygens (including phenoxy) is 1. The Morgan fingerprint density at radius 1 is 1.38 bits per heavy atom. The van der Waals surface area contributed by atoms with Crippen LogP contribution in [0.3, 0.4) is 0 Å². The summed E-state index contributed by atoms with van der Waals surface area (Å²) in [4.78, 5) is 27.2. The Morgan fingerprint density at radius 2 is 2.05 bits per heavy atom. The van der Waals surface area contributed by atoms with Crippen LogP contribution in [0, 0.1) is 11.8 Å². The Bertz CT molecular complexity index is 448. The summed E-state index contributed by atoms with van der Waals surface area (Å²) in [6.07, 6.45) is 2.17. The van der Waals surface area contributed by atoms with Gasteiger partial charge in [0.1, 0.15) is 6.61 Å². The summed E-state index contributed by atoms with van der Waals surface area (Å²) in [7, 11) is 3.48. The van der Waals surface area contributed by atoms with Crippen molar-refractivity contribution in [2.75, 3.05) is 39.5 Å². The third-order valence-corrected chi connectivity index (χ3v) is 6.39. The van der Waals surface area contributed by atoms with Gasteiger partial charge in [0.05, 0.1) is 10.9 Å². The van der Waals surface area contributed by atoms with Crippen molar-refractivity contribution in [3.05, 3.63) is 0 Å². The summed E-state index contributed by atoms with van der Waals surface area (Å²) in [5.74, 6) is 2.16. The molecule has 2 heterocycles. The zero-order chi connectivity index (χ0) is 15.2. The van der Waals surface area contributed by atoms with Gasteiger partial charge in [0.25, 0.3) is 0 Å². The molecule has 5 nitrogen and oxygen atoms in total. The first kappa shape index (κ1) is 15.2. The van der Waals surface area contributed by atoms with Gasteiger partial charge < -0.3 is 14.5 Å². The van der Waals surface area contributed by atoms with Crippen molar-refractivity contribution < 1.29 is 14.3 Å². The highest BCUT2D eigenvalue weighted by molar-refractivity contribution is 8.01. The molecule has 2 aliphatic heterocycles. The number of rotatable bonds is 4. The Balaban J connectivity index is 1.41. The summed E-state index contributed by atoms with van der Waals surface area (Å²) in [6.45, 7) is 4.03. The molecule has 1 aliphatic carbocycles. The third kappa shape index (κ3) is 3.06. The van der Waals surface area contributed by atoms with E-state index in [-0.39, 0.29) is 23.4 Å². The number of hydrogen-bond donors (Lipinski definition) is 0. The molecule has 3 rings (SSSR count). The van der Waals surface area contributed by atoms with Crippen molar-refractivity contribution in [3.8, 4) is 0 Å². The average molecular weight is 312 g/mol. The van der Waals surface area contributed by atoms with Gasteiger partial charge in [-0.05, 0) is 18.8 Å². The van der Waals surface area contributed by atoms with Gasteiger partial charge in [-0.25, -0.2) is 0 Å². The quantitative estimate of drug-likeness (QED) is 0.772. The van der Waals surface area contributed by atoms with Crippen molar-refractivity contribution in [1.29, 1.82) is 0 Å². The molecule has 6 heteroatoms. The van der Waals surface area contributed by atoms with Crippen LogP contribution in [0.15, 0.2) is 0 Å². The van der Waals surface area contributed by atoms with Crippen LogP contribution in [0.25, 0.3) is 0 Å². The molecule has 3 atom stereocenters. The molecule has 0 bridgehead atoms. The van der Waals surface area contributed by atoms with Gasteiger partial charge in [0.2, 0.25) is 11.8 Å². The fraction of sp³-hybridized carbons (Fsp3) is 0.867. The number of carbonyl (C=O) groups excluding carboxylic acids is 2. The molecular weight excluding hydrogens is 288 g/mol. The zero-order valence-electron chi connectivity index (χ0n) is 13.0. The molecule has 21 heavy (non-hydrogen) atoms. The van der Waals surface area contributed by atoms with E-state index in [2.05, 4.69) is 6.92 Å². The molecular formula is C15H24N2O3S. The van der Waals surface area contributed by atoms with Crippen LogP contribution in [0.5, 0.6) is 0 Å². The Hall–Kier alpha value is -0.750. The highest BCUT2D eigenvalue weighted by atomic mass is 32.2. The highest BCUT2D eigenvalue weighted by Crippen LogP contribution is 2.48. The van der Waals surface area contributed by atoms with Crippen LogP contribution in [0.4, 0.5) is 0 Å². The molecule has 3 unspecified atom stereocenters. The first-order valence-electron chi connectivity index (χ1n) is 7.65. The van der Waals surface area contributed by atoms with Crippen LogP contribution >= 0.6 is 11.8 Å². The van der Waals surface area contributed by atoms with E-state index in [0.29, 0.717) is 17.7 Å². The molecule has 1 spiro atoms. The van der Waals surface area contributed by atoms with Crippen LogP contribution in [0.2, 0.25) is 0 Å². The Labute approximate surface area is 130 Å². The summed E-state index contributed by atoms with van der Waals surface area (Å²) in [5, 5.41) is 0. The average Bonchev–Trinajstić information content (AvgIpc) is 2.98. The van der Waals surface area contributed by atoms with E-state index < -0.39 is 0 Å². The largest absolute Gasteiger partial charge is 0.367 e. The SMILES string of the molecule is CC1CC1C(=O)N1CC2(CC(OCC(=O)N(C)C)CS2)C1. The molecule has 0 N–H and O–H groups in total. The molecule has 2 amide bonds. The number of amides is 2. The number of nitrogens with zero attached hydrogens (tertiary/aromatic N) is 2. The minimum Gasteiger partial charge on any atom is -0.367 e. The Morgan fingerprint density at radius 3 is 2.62 bits per heavy atom. The van der Waals surface area contributed by atoms with Crippen LogP contribution in [0.1, 0.15) is 19.8 Å². The lowest BCUT2D eigenvalue weighted by atomic mass is 9.92. The third-order valence-electron chi connectivity index (χ3n) is 4.81. The smallest absolute Gasteiger partial charge is 0.248 e. The number of thioether (sulfide) groups is 1. The van der Waals surface area contributed by atoms with Gasteiger partial charge in [-0.3, -0.25) is 9.59 Å². The predicted octanol–water partition coefficient (Wildman–Crippen LogP) is 0.834. The fourth-order valence-electron chi connectivity index (χ4n) is 3.15. The fourth-order valence-corrected chi connectivity index (χ4v) is 4.71. The monoisotopic (exact) mass is 312 g/mol. The van der Waals surface area contributed by atoms with E-state index in [0.717, 1.165) is 31.7 Å². The number of carbonyl (C=O) groups is 2. The molecule has 2 saturated heterocycles. The second kappa shape index (κ2) is 5.47. The van der Waals surface area contributed by atoms with E-state index in [1.807, 2.05) is 16.7 Å². The maximum absolute atomic E-state index is 12.1. The summed E-state index contributed by atoms with van der Waals surface area (Å²) in [6, 6.07) is 0. The normalized spacial score (nSPS) is 32.9. The maximum atomic E-state index is 12.1. The summed E-state index contributed by atoms with van der Waals surface area (Å²) in [5.41, 5.74) is 0. The molecule has 1 saturated carbocycles. The predicted molar refractivity (Wildman–Crippen MR) is 82.1 cm³/mol. The first-order valence-corrected chi connectivity index (χ1v) is 8.63. The second-order valence-electron chi connectivity index (χ2n) is 6.93. The van der Waals surface area contributed by atoms with E-state index >= 15 is 0 Å². The Kier molecular flexibility index (Phi) is 3.94. The lowest BCUT2D eigenvalue weighted by molar-refractivity contribution is -0.138. The minimum atomic E-state index is 0.00841. The van der Waals surface area contributed by atoms with Crippen molar-refractivity contribution in [2.45, 2.75) is 30.6 Å². The molecule has 0 aromatic heterocycles. The van der Waals surface area contributed by atoms with Gasteiger partial charge >= 0.3 is 0 Å². The van der Waals surface area contributed by atoms with Gasteiger partial charge in [0.15, 0.2) is 0 Å². The summed E-state index contributed by atoms with van der Waals surface area (Å²) >= 11 is 1.91. The van der Waals surface area contributed by atoms with Gasteiger partial charge in [-0.2, -0.15) is 0 Å². The molecule has 0 aromatic carbocycles. The minimum absolute atomic E-state index is 0.00841. The zero-order valence-corrected chi connectivity index (χ0v) is 13.8. The van der Waals surface area contributed by atoms with Gasteiger partial charge in [0, 0.05) is 38.9 Å². The lowest BCUT2D eigenvalue weighted by Gasteiger charge is -2.47. The van der Waals surface area contributed by atoms with Crippen LogP contribution < -0.4 is 0 Å². The van der Waals surface area contributed by atoms with E-state index in [9.17, 15) is 9.59 Å². The standard InChI is InChI=1S/C15H24N2O3S/c1-10-4-12(10)14(19)17-8-15(9-17)5-11(7-21-15)20-6-13(18)16(2)3/h10-12H,4-9H2,1-3H3. The number of likely N-dealkylation sites (N-methyl/N-ethyl adjacent to an activating group) is 1. The first-order chi connectivity index (χ1) is 9.90. The highest BCUT2D eigenvalue weighted by Gasteiger charge is 2.53. The lowest BCUT2D eigenvalue weighted by Crippen LogP contribution is -2.61. The van der Waals surface area contributed by atoms with Crippen molar-refractivity contribution in [3.63, 3.8) is 0 Å². The van der Waals surface area contributed by atoms with Gasteiger partial charge in [-0.1, -0.05) is 6.92 Å².